The summed E-state index contributed by atoms with van der Waals surface area (Å²) in [6, 6.07) is 10.9. The van der Waals surface area contributed by atoms with Gasteiger partial charge < -0.3 is 11.1 Å². The Balaban J connectivity index is 1.50. The van der Waals surface area contributed by atoms with Gasteiger partial charge in [-0.3, -0.25) is 9.69 Å². The van der Waals surface area contributed by atoms with Crippen LogP contribution in [0.5, 0.6) is 0 Å². The monoisotopic (exact) mass is 329 g/mol. The number of piperidine rings is 1. The summed E-state index contributed by atoms with van der Waals surface area (Å²) in [7, 11) is 0. The zero-order valence-electron chi connectivity index (χ0n) is 14.8. The highest BCUT2D eigenvalue weighted by Crippen LogP contribution is 2.31. The summed E-state index contributed by atoms with van der Waals surface area (Å²) in [5.74, 6) is 1.27. The predicted octanol–water partition coefficient (Wildman–Crippen LogP) is 2.39. The van der Waals surface area contributed by atoms with Gasteiger partial charge in [0, 0.05) is 31.6 Å². The topological polar surface area (TPSA) is 58.4 Å². The lowest BCUT2D eigenvalue weighted by Gasteiger charge is -2.38. The lowest BCUT2D eigenvalue weighted by molar-refractivity contribution is -0.127. The fourth-order valence-corrected chi connectivity index (χ4v) is 4.39. The minimum absolute atomic E-state index is 0.143. The quantitative estimate of drug-likeness (QED) is 0.872. The summed E-state index contributed by atoms with van der Waals surface area (Å²) in [6.07, 6.45) is 4.30. The molecular formula is C20H31N3O. The van der Waals surface area contributed by atoms with Crippen LogP contribution in [-0.2, 0) is 11.3 Å². The van der Waals surface area contributed by atoms with Gasteiger partial charge >= 0.3 is 0 Å². The highest BCUT2D eigenvalue weighted by atomic mass is 16.2. The molecule has 0 radical (unpaired) electrons. The molecule has 1 aromatic carbocycles. The van der Waals surface area contributed by atoms with E-state index in [2.05, 4.69) is 47.5 Å². The Kier molecular flexibility index (Phi) is 5.90. The van der Waals surface area contributed by atoms with Crippen LogP contribution in [0.15, 0.2) is 30.3 Å². The highest BCUT2D eigenvalue weighted by Gasteiger charge is 2.34. The molecule has 3 rings (SSSR count). The summed E-state index contributed by atoms with van der Waals surface area (Å²) >= 11 is 0. The fourth-order valence-electron chi connectivity index (χ4n) is 4.39. The second kappa shape index (κ2) is 8.13. The van der Waals surface area contributed by atoms with Gasteiger partial charge in [0.05, 0.1) is 0 Å². The Morgan fingerprint density at radius 1 is 1.25 bits per heavy atom. The summed E-state index contributed by atoms with van der Waals surface area (Å²) < 4.78 is 0. The number of carbonyl (C=O) groups is 1. The van der Waals surface area contributed by atoms with Gasteiger partial charge in [-0.2, -0.15) is 0 Å². The Morgan fingerprint density at radius 3 is 2.75 bits per heavy atom. The van der Waals surface area contributed by atoms with Gasteiger partial charge in [0.2, 0.25) is 5.91 Å². The lowest BCUT2D eigenvalue weighted by atomic mass is 9.90. The lowest BCUT2D eigenvalue weighted by Crippen LogP contribution is -2.51. The van der Waals surface area contributed by atoms with Crippen LogP contribution in [-0.4, -0.2) is 36.5 Å². The molecule has 1 aromatic rings. The van der Waals surface area contributed by atoms with Crippen LogP contribution in [0.25, 0.3) is 0 Å². The summed E-state index contributed by atoms with van der Waals surface area (Å²) in [4.78, 5) is 15.1. The number of nitrogens with two attached hydrogens (primary N) is 1. The van der Waals surface area contributed by atoms with Crippen molar-refractivity contribution in [2.45, 2.75) is 45.2 Å². The first-order valence-corrected chi connectivity index (χ1v) is 9.44. The van der Waals surface area contributed by atoms with Crippen LogP contribution in [0.2, 0.25) is 0 Å². The maximum absolute atomic E-state index is 12.6. The number of nitrogens with zero attached hydrogens (tertiary/aromatic N) is 1. The molecule has 132 valence electrons. The summed E-state index contributed by atoms with van der Waals surface area (Å²) in [5, 5.41) is 3.34. The van der Waals surface area contributed by atoms with E-state index in [1.54, 1.807) is 0 Å². The molecule has 4 atom stereocenters. The molecule has 2 aliphatic rings. The zero-order chi connectivity index (χ0) is 16.9. The van der Waals surface area contributed by atoms with Crippen molar-refractivity contribution in [2.75, 3.05) is 19.6 Å². The average molecular weight is 329 g/mol. The van der Waals surface area contributed by atoms with E-state index in [4.69, 9.17) is 5.73 Å². The third-order valence-electron chi connectivity index (χ3n) is 5.86. The summed E-state index contributed by atoms with van der Waals surface area (Å²) in [5.41, 5.74) is 7.19. The van der Waals surface area contributed by atoms with E-state index in [1.807, 2.05) is 0 Å². The van der Waals surface area contributed by atoms with Crippen molar-refractivity contribution in [1.29, 1.82) is 0 Å². The first-order valence-electron chi connectivity index (χ1n) is 9.44. The molecule has 24 heavy (non-hydrogen) atoms. The Bertz CT molecular complexity index is 533. The largest absolute Gasteiger partial charge is 0.353 e. The molecule has 1 aliphatic carbocycles. The van der Waals surface area contributed by atoms with Crippen molar-refractivity contribution >= 4 is 5.91 Å². The van der Waals surface area contributed by atoms with Gasteiger partial charge in [-0.25, -0.2) is 0 Å². The van der Waals surface area contributed by atoms with E-state index < -0.39 is 0 Å². The van der Waals surface area contributed by atoms with Crippen molar-refractivity contribution < 1.29 is 4.79 Å². The van der Waals surface area contributed by atoms with E-state index in [0.29, 0.717) is 24.4 Å². The smallest absolute Gasteiger partial charge is 0.223 e. The number of amides is 1. The third kappa shape index (κ3) is 4.17. The molecule has 1 saturated carbocycles. The van der Waals surface area contributed by atoms with Crippen LogP contribution < -0.4 is 11.1 Å². The maximum Gasteiger partial charge on any atom is 0.223 e. The molecule has 1 amide bonds. The van der Waals surface area contributed by atoms with Crippen LogP contribution in [0.4, 0.5) is 0 Å². The Morgan fingerprint density at radius 2 is 2.04 bits per heavy atom. The fraction of sp³-hybridized carbons (Fsp3) is 0.650. The first-order chi connectivity index (χ1) is 11.7. The van der Waals surface area contributed by atoms with Gasteiger partial charge in [0.1, 0.15) is 0 Å². The number of rotatable bonds is 5. The van der Waals surface area contributed by atoms with E-state index in [1.165, 1.54) is 5.56 Å². The zero-order valence-corrected chi connectivity index (χ0v) is 14.8. The number of hydrogen-bond acceptors (Lipinski definition) is 3. The van der Waals surface area contributed by atoms with E-state index >= 15 is 0 Å². The molecular weight excluding hydrogens is 298 g/mol. The number of hydrogen-bond donors (Lipinski definition) is 2. The van der Waals surface area contributed by atoms with Crippen molar-refractivity contribution in [2.24, 2.45) is 23.5 Å². The molecule has 3 N–H and O–H groups in total. The number of nitrogens with one attached hydrogen (secondary N) is 1. The molecule has 4 heteroatoms. The van der Waals surface area contributed by atoms with Crippen LogP contribution in [0.3, 0.4) is 0 Å². The van der Waals surface area contributed by atoms with E-state index in [-0.39, 0.29) is 11.8 Å². The molecule has 2 unspecified atom stereocenters. The van der Waals surface area contributed by atoms with Crippen LogP contribution in [0.1, 0.15) is 38.2 Å². The number of carbonyl (C=O) groups excluding carboxylic acids is 1. The van der Waals surface area contributed by atoms with Gasteiger partial charge in [0.15, 0.2) is 0 Å². The van der Waals surface area contributed by atoms with E-state index in [9.17, 15) is 4.79 Å². The number of likely N-dealkylation sites (tertiary alicyclic amines) is 1. The molecule has 2 fully saturated rings. The molecule has 0 spiro atoms. The van der Waals surface area contributed by atoms with Crippen molar-refractivity contribution in [3.63, 3.8) is 0 Å². The van der Waals surface area contributed by atoms with Crippen molar-refractivity contribution in [1.82, 2.24) is 10.2 Å². The Hall–Kier alpha value is -1.39. The SMILES string of the molecule is CC1CN(Cc2ccccc2)CCC1NC(=O)[C@@H]1CCC[C@@H]1CN. The van der Waals surface area contributed by atoms with Gasteiger partial charge in [-0.05, 0) is 43.2 Å². The first kappa shape index (κ1) is 17.4. The van der Waals surface area contributed by atoms with Crippen LogP contribution in [0, 0.1) is 17.8 Å². The molecule has 1 saturated heterocycles. The molecule has 1 aliphatic heterocycles. The van der Waals surface area contributed by atoms with Crippen LogP contribution >= 0.6 is 0 Å². The van der Waals surface area contributed by atoms with Gasteiger partial charge in [-0.15, -0.1) is 0 Å². The standard InChI is InChI=1S/C20H31N3O/c1-15-13-23(14-16-6-3-2-4-7-16)11-10-19(15)22-20(24)18-9-5-8-17(18)12-21/h2-4,6-7,15,17-19H,5,8-14,21H2,1H3,(H,22,24)/t15?,17-,18-,19?/m1/s1. The second-order valence-electron chi connectivity index (χ2n) is 7.63. The summed E-state index contributed by atoms with van der Waals surface area (Å²) in [6.45, 7) is 6.00. The van der Waals surface area contributed by atoms with E-state index in [0.717, 1.165) is 45.3 Å². The van der Waals surface area contributed by atoms with Crippen molar-refractivity contribution in [3.8, 4) is 0 Å². The Labute approximate surface area is 145 Å². The predicted molar refractivity (Wildman–Crippen MR) is 97.3 cm³/mol. The second-order valence-corrected chi connectivity index (χ2v) is 7.63. The van der Waals surface area contributed by atoms with Crippen molar-refractivity contribution in [3.05, 3.63) is 35.9 Å². The highest BCUT2D eigenvalue weighted by molar-refractivity contribution is 5.79. The minimum Gasteiger partial charge on any atom is -0.353 e. The maximum atomic E-state index is 12.6. The molecule has 0 bridgehead atoms. The number of benzene rings is 1. The normalized spacial score (nSPS) is 31.1. The van der Waals surface area contributed by atoms with Gasteiger partial charge in [-0.1, -0.05) is 43.7 Å². The molecule has 4 nitrogen and oxygen atoms in total. The third-order valence-corrected chi connectivity index (χ3v) is 5.86. The molecule has 1 heterocycles. The average Bonchev–Trinajstić information content (AvgIpc) is 3.07. The molecule has 0 aromatic heterocycles. The minimum atomic E-state index is 0.143. The van der Waals surface area contributed by atoms with Gasteiger partial charge in [0.25, 0.3) is 0 Å².